The quantitative estimate of drug-likeness (QED) is 0.766. The van der Waals surface area contributed by atoms with Gasteiger partial charge in [-0.25, -0.2) is 0 Å². The van der Waals surface area contributed by atoms with Crippen molar-refractivity contribution in [3.63, 3.8) is 0 Å². The summed E-state index contributed by atoms with van der Waals surface area (Å²) in [6.07, 6.45) is 3.41. The minimum Gasteiger partial charge on any atom is -0.493 e. The van der Waals surface area contributed by atoms with Gasteiger partial charge in [0.15, 0.2) is 11.5 Å². The standard InChI is InChI=1S/C12H15NO2/c1-4-10(13)7-9-5-6-11(14-2)12(8-9)15-3/h4-8H,1,13H2,2-3H3. The first-order chi connectivity index (χ1) is 7.21. The van der Waals surface area contributed by atoms with Gasteiger partial charge in [-0.1, -0.05) is 12.6 Å². The molecule has 0 aromatic heterocycles. The summed E-state index contributed by atoms with van der Waals surface area (Å²) in [5, 5.41) is 0. The average molecular weight is 205 g/mol. The number of allylic oxidation sites excluding steroid dienone is 1. The zero-order chi connectivity index (χ0) is 11.3. The highest BCUT2D eigenvalue weighted by Crippen LogP contribution is 2.28. The number of hydrogen-bond acceptors (Lipinski definition) is 3. The van der Waals surface area contributed by atoms with Gasteiger partial charge in [-0.15, -0.1) is 0 Å². The fraction of sp³-hybridized carbons (Fsp3) is 0.167. The number of methoxy groups -OCH3 is 2. The van der Waals surface area contributed by atoms with Crippen LogP contribution in [0.5, 0.6) is 11.5 Å². The molecule has 0 heterocycles. The van der Waals surface area contributed by atoms with E-state index >= 15 is 0 Å². The topological polar surface area (TPSA) is 44.5 Å². The number of benzene rings is 1. The molecular formula is C12H15NO2. The van der Waals surface area contributed by atoms with Crippen molar-refractivity contribution in [3.8, 4) is 11.5 Å². The van der Waals surface area contributed by atoms with E-state index in [9.17, 15) is 0 Å². The molecule has 0 bridgehead atoms. The summed E-state index contributed by atoms with van der Waals surface area (Å²) in [6, 6.07) is 5.59. The zero-order valence-electron chi connectivity index (χ0n) is 8.99. The molecule has 80 valence electrons. The van der Waals surface area contributed by atoms with Crippen molar-refractivity contribution in [1.29, 1.82) is 0 Å². The second kappa shape index (κ2) is 5.10. The molecule has 0 saturated heterocycles. The average Bonchev–Trinajstić information content (AvgIpc) is 2.28. The van der Waals surface area contributed by atoms with Crippen LogP contribution in [-0.2, 0) is 0 Å². The van der Waals surface area contributed by atoms with E-state index in [1.807, 2.05) is 24.3 Å². The van der Waals surface area contributed by atoms with Crippen molar-refractivity contribution < 1.29 is 9.47 Å². The highest BCUT2D eigenvalue weighted by molar-refractivity contribution is 5.59. The van der Waals surface area contributed by atoms with Gasteiger partial charge in [0.1, 0.15) is 0 Å². The smallest absolute Gasteiger partial charge is 0.161 e. The maximum absolute atomic E-state index is 5.64. The van der Waals surface area contributed by atoms with Crippen LogP contribution in [0, 0.1) is 0 Å². The van der Waals surface area contributed by atoms with Crippen molar-refractivity contribution >= 4 is 6.08 Å². The molecule has 1 aromatic rings. The van der Waals surface area contributed by atoms with Crippen molar-refractivity contribution in [2.75, 3.05) is 14.2 Å². The lowest BCUT2D eigenvalue weighted by atomic mass is 10.1. The van der Waals surface area contributed by atoms with E-state index in [4.69, 9.17) is 15.2 Å². The van der Waals surface area contributed by atoms with E-state index in [0.717, 1.165) is 5.56 Å². The van der Waals surface area contributed by atoms with Crippen molar-refractivity contribution in [1.82, 2.24) is 0 Å². The Labute approximate surface area is 89.8 Å². The molecule has 0 unspecified atom stereocenters. The molecule has 0 aliphatic rings. The van der Waals surface area contributed by atoms with E-state index in [1.54, 1.807) is 20.3 Å². The Morgan fingerprint density at radius 1 is 1.27 bits per heavy atom. The molecule has 3 heteroatoms. The van der Waals surface area contributed by atoms with Gasteiger partial charge in [-0.05, 0) is 29.8 Å². The van der Waals surface area contributed by atoms with Gasteiger partial charge in [-0.2, -0.15) is 0 Å². The highest BCUT2D eigenvalue weighted by atomic mass is 16.5. The van der Waals surface area contributed by atoms with E-state index < -0.39 is 0 Å². The summed E-state index contributed by atoms with van der Waals surface area (Å²) < 4.78 is 10.3. The maximum Gasteiger partial charge on any atom is 0.161 e. The number of hydrogen-bond donors (Lipinski definition) is 1. The van der Waals surface area contributed by atoms with E-state index in [2.05, 4.69) is 6.58 Å². The molecule has 0 saturated carbocycles. The molecule has 0 radical (unpaired) electrons. The lowest BCUT2D eigenvalue weighted by molar-refractivity contribution is 0.355. The molecule has 1 rings (SSSR count). The normalized spacial score (nSPS) is 10.9. The molecule has 1 aromatic carbocycles. The predicted octanol–water partition coefficient (Wildman–Crippen LogP) is 2.19. The van der Waals surface area contributed by atoms with Crippen LogP contribution < -0.4 is 15.2 Å². The zero-order valence-corrected chi connectivity index (χ0v) is 8.99. The van der Waals surface area contributed by atoms with Crippen molar-refractivity contribution in [2.45, 2.75) is 0 Å². The van der Waals surface area contributed by atoms with Gasteiger partial charge in [0, 0.05) is 5.70 Å². The summed E-state index contributed by atoms with van der Waals surface area (Å²) in [6.45, 7) is 3.58. The Morgan fingerprint density at radius 3 is 2.47 bits per heavy atom. The van der Waals surface area contributed by atoms with Gasteiger partial charge in [0.05, 0.1) is 14.2 Å². The first-order valence-electron chi connectivity index (χ1n) is 4.53. The molecule has 0 amide bonds. The summed E-state index contributed by atoms with van der Waals surface area (Å²) in [5.74, 6) is 1.38. The molecule has 2 N–H and O–H groups in total. The van der Waals surface area contributed by atoms with Gasteiger partial charge in [0.2, 0.25) is 0 Å². The summed E-state index contributed by atoms with van der Waals surface area (Å²) in [7, 11) is 3.20. The Balaban J connectivity index is 3.08. The number of ether oxygens (including phenoxy) is 2. The van der Waals surface area contributed by atoms with Gasteiger partial charge in [-0.3, -0.25) is 0 Å². The van der Waals surface area contributed by atoms with E-state index in [1.165, 1.54) is 0 Å². The number of nitrogens with two attached hydrogens (primary N) is 1. The van der Waals surface area contributed by atoms with Crippen LogP contribution in [0.3, 0.4) is 0 Å². The lowest BCUT2D eigenvalue weighted by Gasteiger charge is -2.07. The minimum atomic E-state index is 0.613. The van der Waals surface area contributed by atoms with Crippen LogP contribution in [0.15, 0.2) is 36.6 Å². The van der Waals surface area contributed by atoms with Crippen molar-refractivity contribution in [2.24, 2.45) is 5.73 Å². The third-order valence-electron chi connectivity index (χ3n) is 1.98. The lowest BCUT2D eigenvalue weighted by Crippen LogP contribution is -1.93. The summed E-state index contributed by atoms with van der Waals surface area (Å²) in [5.41, 5.74) is 7.20. The number of rotatable bonds is 4. The third-order valence-corrected chi connectivity index (χ3v) is 1.98. The fourth-order valence-corrected chi connectivity index (χ4v) is 1.19. The molecule has 15 heavy (non-hydrogen) atoms. The van der Waals surface area contributed by atoms with Crippen LogP contribution in [0.2, 0.25) is 0 Å². The Hall–Kier alpha value is -1.90. The first-order valence-corrected chi connectivity index (χ1v) is 4.53. The predicted molar refractivity (Wildman–Crippen MR) is 61.9 cm³/mol. The van der Waals surface area contributed by atoms with Crippen LogP contribution in [0.1, 0.15) is 5.56 Å². The SMILES string of the molecule is C=CC(N)=Cc1ccc(OC)c(OC)c1. The molecule has 0 spiro atoms. The van der Waals surface area contributed by atoms with Gasteiger partial charge >= 0.3 is 0 Å². The molecule has 0 atom stereocenters. The monoisotopic (exact) mass is 205 g/mol. The molecule has 3 nitrogen and oxygen atoms in total. The molecular weight excluding hydrogens is 190 g/mol. The largest absolute Gasteiger partial charge is 0.493 e. The second-order valence-corrected chi connectivity index (χ2v) is 2.96. The Kier molecular flexibility index (Phi) is 3.80. The molecule has 0 fully saturated rings. The van der Waals surface area contributed by atoms with Crippen LogP contribution in [0.25, 0.3) is 6.08 Å². The Morgan fingerprint density at radius 2 is 1.93 bits per heavy atom. The second-order valence-electron chi connectivity index (χ2n) is 2.96. The summed E-state index contributed by atoms with van der Waals surface area (Å²) >= 11 is 0. The summed E-state index contributed by atoms with van der Waals surface area (Å²) in [4.78, 5) is 0. The third kappa shape index (κ3) is 2.77. The van der Waals surface area contributed by atoms with Crippen LogP contribution in [-0.4, -0.2) is 14.2 Å². The highest BCUT2D eigenvalue weighted by Gasteiger charge is 2.02. The van der Waals surface area contributed by atoms with Gasteiger partial charge < -0.3 is 15.2 Å². The van der Waals surface area contributed by atoms with Crippen LogP contribution in [0.4, 0.5) is 0 Å². The van der Waals surface area contributed by atoms with E-state index in [0.29, 0.717) is 17.2 Å². The maximum atomic E-state index is 5.64. The van der Waals surface area contributed by atoms with Crippen molar-refractivity contribution in [3.05, 3.63) is 42.1 Å². The minimum absolute atomic E-state index is 0.613. The van der Waals surface area contributed by atoms with E-state index in [-0.39, 0.29) is 0 Å². The molecule has 0 aliphatic carbocycles. The fourth-order valence-electron chi connectivity index (χ4n) is 1.19. The molecule has 0 aliphatic heterocycles. The van der Waals surface area contributed by atoms with Gasteiger partial charge in [0.25, 0.3) is 0 Å². The first kappa shape index (κ1) is 11.2. The Bertz CT molecular complexity index is 383. The van der Waals surface area contributed by atoms with Crippen LogP contribution >= 0.6 is 0 Å².